The first-order chi connectivity index (χ1) is 8.41. The lowest BCUT2D eigenvalue weighted by Gasteiger charge is -2.09. The summed E-state index contributed by atoms with van der Waals surface area (Å²) in [5.74, 6) is -0.227. The van der Waals surface area contributed by atoms with E-state index in [9.17, 15) is 4.79 Å². The molecule has 1 N–H and O–H groups in total. The molecular formula is C12H11Br3O3. The highest BCUT2D eigenvalue weighted by atomic mass is 79.9. The normalized spacial score (nSPS) is 12.0. The fraction of sp³-hybridized carbons (Fsp3) is 0.250. The van der Waals surface area contributed by atoms with Gasteiger partial charge in [0.2, 0.25) is 0 Å². The maximum atomic E-state index is 10.7. The zero-order valence-electron chi connectivity index (χ0n) is 9.54. The van der Waals surface area contributed by atoms with Crippen LogP contribution in [0.1, 0.15) is 13.3 Å². The molecule has 0 fully saturated rings. The van der Waals surface area contributed by atoms with Crippen molar-refractivity contribution in [1.29, 1.82) is 0 Å². The van der Waals surface area contributed by atoms with Crippen LogP contribution >= 0.6 is 47.8 Å². The standard InChI is InChI=1S/C12H11Br3O3/c1-7(11(15)12(16)17)4-5-18-10-3-2-8(13)6-9(10)14/h2-3,6H,4-5H2,1H3,(H,16,17). The SMILES string of the molecule is CC(CCOc1ccc(Br)cc1Br)=C(Br)C(=O)O. The molecule has 0 amide bonds. The van der Waals surface area contributed by atoms with E-state index in [0.717, 1.165) is 20.3 Å². The molecule has 6 heteroatoms. The largest absolute Gasteiger partial charge is 0.492 e. The van der Waals surface area contributed by atoms with Gasteiger partial charge >= 0.3 is 5.97 Å². The minimum Gasteiger partial charge on any atom is -0.492 e. The van der Waals surface area contributed by atoms with Gasteiger partial charge in [0.1, 0.15) is 10.2 Å². The van der Waals surface area contributed by atoms with Crippen molar-refractivity contribution in [2.24, 2.45) is 0 Å². The molecule has 0 saturated carbocycles. The van der Waals surface area contributed by atoms with Gasteiger partial charge in [0.05, 0.1) is 11.1 Å². The predicted molar refractivity (Wildman–Crippen MR) is 81.2 cm³/mol. The molecule has 0 aliphatic heterocycles. The van der Waals surface area contributed by atoms with Crippen molar-refractivity contribution in [3.63, 3.8) is 0 Å². The van der Waals surface area contributed by atoms with Crippen LogP contribution < -0.4 is 4.74 Å². The first kappa shape index (κ1) is 15.7. The monoisotopic (exact) mass is 440 g/mol. The molecule has 0 aliphatic carbocycles. The van der Waals surface area contributed by atoms with Gasteiger partial charge in [-0.1, -0.05) is 15.9 Å². The van der Waals surface area contributed by atoms with Gasteiger partial charge in [-0.2, -0.15) is 0 Å². The molecule has 0 spiro atoms. The van der Waals surface area contributed by atoms with E-state index < -0.39 is 5.97 Å². The van der Waals surface area contributed by atoms with Crippen LogP contribution in [-0.4, -0.2) is 17.7 Å². The number of carboxylic acids is 1. The van der Waals surface area contributed by atoms with Crippen molar-refractivity contribution in [3.8, 4) is 5.75 Å². The van der Waals surface area contributed by atoms with E-state index in [-0.39, 0.29) is 4.48 Å². The second-order valence-corrected chi connectivity index (χ2v) is 6.14. The summed E-state index contributed by atoms with van der Waals surface area (Å²) in [6.07, 6.45) is 0.551. The average Bonchev–Trinajstić information content (AvgIpc) is 2.30. The van der Waals surface area contributed by atoms with E-state index in [0.29, 0.717) is 13.0 Å². The molecule has 0 aliphatic rings. The van der Waals surface area contributed by atoms with Crippen molar-refractivity contribution < 1.29 is 14.6 Å². The van der Waals surface area contributed by atoms with Crippen molar-refractivity contribution >= 4 is 53.8 Å². The molecule has 3 nitrogen and oxygen atoms in total. The Labute approximate surface area is 131 Å². The van der Waals surface area contributed by atoms with Crippen LogP contribution in [0.3, 0.4) is 0 Å². The number of aliphatic carboxylic acids is 1. The van der Waals surface area contributed by atoms with E-state index in [1.165, 1.54) is 0 Å². The summed E-state index contributed by atoms with van der Waals surface area (Å²) in [4.78, 5) is 10.7. The zero-order valence-corrected chi connectivity index (χ0v) is 14.3. The summed E-state index contributed by atoms with van der Waals surface area (Å²) in [6, 6.07) is 5.63. The molecule has 0 radical (unpaired) electrons. The maximum Gasteiger partial charge on any atom is 0.342 e. The Bertz CT molecular complexity index is 483. The van der Waals surface area contributed by atoms with Gasteiger partial charge in [0.15, 0.2) is 0 Å². The Hall–Kier alpha value is -0.330. The Morgan fingerprint density at radius 2 is 2.06 bits per heavy atom. The summed E-state index contributed by atoms with van der Waals surface area (Å²) in [7, 11) is 0. The van der Waals surface area contributed by atoms with Crippen LogP contribution in [0.15, 0.2) is 37.2 Å². The fourth-order valence-electron chi connectivity index (χ4n) is 1.20. The summed E-state index contributed by atoms with van der Waals surface area (Å²) in [6.45, 7) is 2.19. The molecule has 0 unspecified atom stereocenters. The number of hydrogen-bond acceptors (Lipinski definition) is 2. The van der Waals surface area contributed by atoms with E-state index in [1.807, 2.05) is 18.2 Å². The molecule has 0 aromatic heterocycles. The number of benzene rings is 1. The van der Waals surface area contributed by atoms with Gasteiger partial charge in [-0.3, -0.25) is 0 Å². The Balaban J connectivity index is 2.57. The van der Waals surface area contributed by atoms with Crippen LogP contribution in [0, 0.1) is 0 Å². The zero-order chi connectivity index (χ0) is 13.7. The summed E-state index contributed by atoms with van der Waals surface area (Å²) in [5.41, 5.74) is 0.746. The van der Waals surface area contributed by atoms with Gasteiger partial charge in [0.25, 0.3) is 0 Å². The van der Waals surface area contributed by atoms with E-state index in [1.54, 1.807) is 6.92 Å². The molecular weight excluding hydrogens is 432 g/mol. The van der Waals surface area contributed by atoms with Gasteiger partial charge in [-0.15, -0.1) is 0 Å². The molecule has 1 rings (SSSR count). The fourth-order valence-corrected chi connectivity index (χ4v) is 2.56. The number of ether oxygens (including phenoxy) is 1. The third-order valence-electron chi connectivity index (χ3n) is 2.19. The van der Waals surface area contributed by atoms with E-state index >= 15 is 0 Å². The Morgan fingerprint density at radius 1 is 1.39 bits per heavy atom. The lowest BCUT2D eigenvalue weighted by Crippen LogP contribution is -2.02. The summed E-state index contributed by atoms with van der Waals surface area (Å²) < 4.78 is 7.59. The van der Waals surface area contributed by atoms with Crippen LogP contribution in [0.4, 0.5) is 0 Å². The first-order valence-corrected chi connectivity index (χ1v) is 7.46. The molecule has 1 aromatic rings. The minimum absolute atomic E-state index is 0.195. The summed E-state index contributed by atoms with van der Waals surface area (Å²) in [5, 5.41) is 8.79. The van der Waals surface area contributed by atoms with E-state index in [4.69, 9.17) is 9.84 Å². The van der Waals surface area contributed by atoms with Crippen LogP contribution in [0.5, 0.6) is 5.75 Å². The molecule has 0 heterocycles. The van der Waals surface area contributed by atoms with Crippen molar-refractivity contribution in [1.82, 2.24) is 0 Å². The van der Waals surface area contributed by atoms with Crippen molar-refractivity contribution in [3.05, 3.63) is 37.2 Å². The molecule has 1 aromatic carbocycles. The van der Waals surface area contributed by atoms with Gasteiger partial charge < -0.3 is 9.84 Å². The number of rotatable bonds is 5. The highest BCUT2D eigenvalue weighted by Gasteiger charge is 2.08. The van der Waals surface area contributed by atoms with Gasteiger partial charge in [-0.05, 0) is 62.6 Å². The average molecular weight is 443 g/mol. The quantitative estimate of drug-likeness (QED) is 0.670. The molecule has 0 atom stereocenters. The molecule has 98 valence electrons. The number of carbonyl (C=O) groups is 1. The Morgan fingerprint density at radius 3 is 2.61 bits per heavy atom. The molecule has 18 heavy (non-hydrogen) atoms. The van der Waals surface area contributed by atoms with Crippen molar-refractivity contribution in [2.75, 3.05) is 6.61 Å². The third kappa shape index (κ3) is 4.74. The van der Waals surface area contributed by atoms with Gasteiger partial charge in [-0.25, -0.2) is 4.79 Å². The van der Waals surface area contributed by atoms with E-state index in [2.05, 4.69) is 47.8 Å². The first-order valence-electron chi connectivity index (χ1n) is 5.08. The van der Waals surface area contributed by atoms with Crippen LogP contribution in [-0.2, 0) is 4.79 Å². The highest BCUT2D eigenvalue weighted by Crippen LogP contribution is 2.28. The van der Waals surface area contributed by atoms with Crippen molar-refractivity contribution in [2.45, 2.75) is 13.3 Å². The smallest absolute Gasteiger partial charge is 0.342 e. The molecule has 0 bridgehead atoms. The number of halogens is 3. The van der Waals surface area contributed by atoms with Gasteiger partial charge in [0, 0.05) is 10.9 Å². The number of carboxylic acid groups (broad SMARTS) is 1. The Kier molecular flexibility index (Phi) is 6.38. The highest BCUT2D eigenvalue weighted by molar-refractivity contribution is 9.12. The van der Waals surface area contributed by atoms with Crippen LogP contribution in [0.2, 0.25) is 0 Å². The third-order valence-corrected chi connectivity index (χ3v) is 4.32. The molecule has 0 saturated heterocycles. The lowest BCUT2D eigenvalue weighted by molar-refractivity contribution is -0.131. The lowest BCUT2D eigenvalue weighted by atomic mass is 10.2. The minimum atomic E-state index is -0.961. The number of hydrogen-bond donors (Lipinski definition) is 1. The second-order valence-electron chi connectivity index (χ2n) is 3.57. The predicted octanol–water partition coefficient (Wildman–Crippen LogP) is 4.73. The summed E-state index contributed by atoms with van der Waals surface area (Å²) >= 11 is 9.78. The topological polar surface area (TPSA) is 46.5 Å². The second kappa shape index (κ2) is 7.31. The maximum absolute atomic E-state index is 10.7. The van der Waals surface area contributed by atoms with Crippen LogP contribution in [0.25, 0.3) is 0 Å².